The summed E-state index contributed by atoms with van der Waals surface area (Å²) in [5.74, 6) is 1.27. The van der Waals surface area contributed by atoms with E-state index in [0.717, 1.165) is 5.56 Å². The summed E-state index contributed by atoms with van der Waals surface area (Å²) in [5.41, 5.74) is 0.811. The maximum atomic E-state index is 5.99. The van der Waals surface area contributed by atoms with Crippen LogP contribution < -0.4 is 10.1 Å². The summed E-state index contributed by atoms with van der Waals surface area (Å²) in [7, 11) is 1.58. The SMILES string of the molecule is COc1cnc(Cl)c(CNc2ccnc(Cl)n2)c1. The average molecular weight is 285 g/mol. The quantitative estimate of drug-likeness (QED) is 0.691. The Kier molecular flexibility index (Phi) is 4.17. The maximum absolute atomic E-state index is 5.99. The monoisotopic (exact) mass is 284 g/mol. The van der Waals surface area contributed by atoms with Crippen molar-refractivity contribution in [1.29, 1.82) is 0 Å². The van der Waals surface area contributed by atoms with E-state index >= 15 is 0 Å². The van der Waals surface area contributed by atoms with E-state index in [-0.39, 0.29) is 5.28 Å². The minimum absolute atomic E-state index is 0.190. The maximum Gasteiger partial charge on any atom is 0.224 e. The Morgan fingerprint density at radius 2 is 2.17 bits per heavy atom. The third kappa shape index (κ3) is 3.21. The van der Waals surface area contributed by atoms with Crippen LogP contribution in [0, 0.1) is 0 Å². The predicted molar refractivity (Wildman–Crippen MR) is 70.2 cm³/mol. The molecule has 2 aromatic heterocycles. The Balaban J connectivity index is 2.10. The lowest BCUT2D eigenvalue weighted by molar-refractivity contribution is 0.412. The number of ether oxygens (including phenoxy) is 1. The van der Waals surface area contributed by atoms with Gasteiger partial charge in [-0.3, -0.25) is 0 Å². The second kappa shape index (κ2) is 5.84. The van der Waals surface area contributed by atoms with Crippen molar-refractivity contribution in [2.24, 2.45) is 0 Å². The summed E-state index contributed by atoms with van der Waals surface area (Å²) in [4.78, 5) is 11.8. The van der Waals surface area contributed by atoms with Crippen LogP contribution >= 0.6 is 23.2 Å². The molecule has 0 aliphatic carbocycles. The van der Waals surface area contributed by atoms with Crippen LogP contribution in [0.5, 0.6) is 5.75 Å². The molecule has 2 heterocycles. The Labute approximate surface area is 114 Å². The van der Waals surface area contributed by atoms with Crippen molar-refractivity contribution in [2.45, 2.75) is 6.54 Å². The zero-order valence-electron chi connectivity index (χ0n) is 9.52. The van der Waals surface area contributed by atoms with Crippen molar-refractivity contribution >= 4 is 29.0 Å². The van der Waals surface area contributed by atoms with Crippen LogP contribution in [-0.2, 0) is 6.54 Å². The number of rotatable bonds is 4. The first kappa shape index (κ1) is 12.9. The Morgan fingerprint density at radius 1 is 1.33 bits per heavy atom. The largest absolute Gasteiger partial charge is 0.495 e. The zero-order chi connectivity index (χ0) is 13.0. The first-order chi connectivity index (χ1) is 8.69. The van der Waals surface area contributed by atoms with Crippen LogP contribution in [0.3, 0.4) is 0 Å². The Hall–Kier alpha value is -1.59. The first-order valence-corrected chi connectivity index (χ1v) is 5.85. The van der Waals surface area contributed by atoms with Crippen molar-refractivity contribution in [3.63, 3.8) is 0 Å². The number of nitrogens with zero attached hydrogens (tertiary/aromatic N) is 3. The third-order valence-electron chi connectivity index (χ3n) is 2.21. The van der Waals surface area contributed by atoms with Crippen LogP contribution in [0.25, 0.3) is 0 Å². The molecule has 0 aromatic carbocycles. The van der Waals surface area contributed by atoms with Crippen LogP contribution in [0.1, 0.15) is 5.56 Å². The molecule has 94 valence electrons. The second-order valence-electron chi connectivity index (χ2n) is 3.39. The second-order valence-corrected chi connectivity index (χ2v) is 4.09. The van der Waals surface area contributed by atoms with E-state index in [1.165, 1.54) is 0 Å². The van der Waals surface area contributed by atoms with Gasteiger partial charge >= 0.3 is 0 Å². The molecule has 0 saturated carbocycles. The fourth-order valence-electron chi connectivity index (χ4n) is 1.33. The van der Waals surface area contributed by atoms with Gasteiger partial charge in [0.05, 0.1) is 13.3 Å². The first-order valence-electron chi connectivity index (χ1n) is 5.10. The van der Waals surface area contributed by atoms with Gasteiger partial charge in [0.2, 0.25) is 5.28 Å². The number of hydrogen-bond acceptors (Lipinski definition) is 5. The average Bonchev–Trinajstić information content (AvgIpc) is 2.38. The van der Waals surface area contributed by atoms with E-state index in [1.807, 2.05) is 6.07 Å². The number of pyridine rings is 1. The number of nitrogens with one attached hydrogen (secondary N) is 1. The van der Waals surface area contributed by atoms with Gasteiger partial charge in [-0.2, -0.15) is 0 Å². The molecular weight excluding hydrogens is 275 g/mol. The third-order valence-corrected chi connectivity index (χ3v) is 2.73. The molecule has 0 amide bonds. The van der Waals surface area contributed by atoms with Crippen LogP contribution in [0.4, 0.5) is 5.82 Å². The predicted octanol–water partition coefficient (Wildman–Crippen LogP) is 2.80. The van der Waals surface area contributed by atoms with Gasteiger partial charge < -0.3 is 10.1 Å². The number of aromatic nitrogens is 3. The highest BCUT2D eigenvalue weighted by atomic mass is 35.5. The molecule has 0 radical (unpaired) electrons. The molecular formula is C11H10Cl2N4O. The van der Waals surface area contributed by atoms with E-state index < -0.39 is 0 Å². The molecule has 5 nitrogen and oxygen atoms in total. The molecule has 18 heavy (non-hydrogen) atoms. The standard InChI is InChI=1S/C11H10Cl2N4O/c1-18-8-4-7(10(12)16-6-8)5-15-9-2-3-14-11(13)17-9/h2-4,6H,5H2,1H3,(H,14,15,17). The molecule has 0 bridgehead atoms. The fourth-order valence-corrected chi connectivity index (χ4v) is 1.64. The van der Waals surface area contributed by atoms with Gasteiger partial charge in [-0.15, -0.1) is 0 Å². The number of methoxy groups -OCH3 is 1. The molecule has 1 N–H and O–H groups in total. The van der Waals surface area contributed by atoms with Crippen molar-refractivity contribution < 1.29 is 4.74 Å². The normalized spacial score (nSPS) is 10.2. The molecule has 0 atom stereocenters. The Morgan fingerprint density at radius 3 is 2.89 bits per heavy atom. The van der Waals surface area contributed by atoms with Crippen LogP contribution in [0.15, 0.2) is 24.5 Å². The molecule has 0 unspecified atom stereocenters. The summed E-state index contributed by atoms with van der Waals surface area (Å²) in [6.07, 6.45) is 3.14. The van der Waals surface area contributed by atoms with Crippen molar-refractivity contribution in [3.8, 4) is 5.75 Å². The van der Waals surface area contributed by atoms with Gasteiger partial charge in [0.15, 0.2) is 0 Å². The van der Waals surface area contributed by atoms with E-state index in [2.05, 4.69) is 20.3 Å². The number of hydrogen-bond donors (Lipinski definition) is 1. The van der Waals surface area contributed by atoms with Crippen LogP contribution in [-0.4, -0.2) is 22.1 Å². The van der Waals surface area contributed by atoms with E-state index in [9.17, 15) is 0 Å². The summed E-state index contributed by atoms with van der Waals surface area (Å²) in [6.45, 7) is 0.469. The molecule has 0 fully saturated rings. The summed E-state index contributed by atoms with van der Waals surface area (Å²) < 4.78 is 5.09. The molecule has 0 aliphatic rings. The van der Waals surface area contributed by atoms with Gasteiger partial charge in [0, 0.05) is 18.3 Å². The smallest absolute Gasteiger partial charge is 0.224 e. The van der Waals surface area contributed by atoms with Crippen LogP contribution in [0.2, 0.25) is 10.4 Å². The topological polar surface area (TPSA) is 59.9 Å². The number of halogens is 2. The zero-order valence-corrected chi connectivity index (χ0v) is 11.0. The van der Waals surface area contributed by atoms with Gasteiger partial charge in [-0.1, -0.05) is 11.6 Å². The van der Waals surface area contributed by atoms with Gasteiger partial charge in [0.1, 0.15) is 16.7 Å². The lowest BCUT2D eigenvalue weighted by Gasteiger charge is -2.08. The van der Waals surface area contributed by atoms with E-state index in [0.29, 0.717) is 23.3 Å². The van der Waals surface area contributed by atoms with Crippen molar-refractivity contribution in [3.05, 3.63) is 40.5 Å². The Bertz CT molecular complexity index is 550. The molecule has 0 saturated heterocycles. The molecule has 7 heteroatoms. The van der Waals surface area contributed by atoms with Gasteiger partial charge in [-0.25, -0.2) is 15.0 Å². The number of anilines is 1. The highest BCUT2D eigenvalue weighted by molar-refractivity contribution is 6.30. The van der Waals surface area contributed by atoms with E-state index in [1.54, 1.807) is 25.6 Å². The van der Waals surface area contributed by atoms with Gasteiger partial charge in [-0.05, 0) is 23.7 Å². The minimum Gasteiger partial charge on any atom is -0.495 e. The molecule has 2 aromatic rings. The lowest BCUT2D eigenvalue weighted by Crippen LogP contribution is -2.03. The summed E-state index contributed by atoms with van der Waals surface area (Å²) >= 11 is 11.7. The van der Waals surface area contributed by atoms with Crippen molar-refractivity contribution in [2.75, 3.05) is 12.4 Å². The molecule has 0 aliphatic heterocycles. The minimum atomic E-state index is 0.190. The van der Waals surface area contributed by atoms with Gasteiger partial charge in [0.25, 0.3) is 0 Å². The molecule has 0 spiro atoms. The lowest BCUT2D eigenvalue weighted by atomic mass is 10.2. The van der Waals surface area contributed by atoms with E-state index in [4.69, 9.17) is 27.9 Å². The molecule has 2 rings (SSSR count). The summed E-state index contributed by atoms with van der Waals surface area (Å²) in [6, 6.07) is 3.53. The fraction of sp³-hybridized carbons (Fsp3) is 0.182. The summed E-state index contributed by atoms with van der Waals surface area (Å²) in [5, 5.41) is 3.69. The van der Waals surface area contributed by atoms with Crippen molar-refractivity contribution in [1.82, 2.24) is 15.0 Å². The highest BCUT2D eigenvalue weighted by Gasteiger charge is 2.04. The highest BCUT2D eigenvalue weighted by Crippen LogP contribution is 2.19.